The molecule has 0 bridgehead atoms. The third-order valence-electron chi connectivity index (χ3n) is 2.04. The van der Waals surface area contributed by atoms with Gasteiger partial charge in [-0.2, -0.15) is 0 Å². The van der Waals surface area contributed by atoms with Crippen molar-refractivity contribution in [3.8, 4) is 5.75 Å². The summed E-state index contributed by atoms with van der Waals surface area (Å²) in [4.78, 5) is 5.41. The average molecular weight is 296 g/mol. The standard InChI is InChI=1S/C12H10BrNOS/c1-8-11(13)5-6-12(14-8)16-10-4-2-3-9(15)7-10/h2-7,15H,1H3. The Balaban J connectivity index is 2.24. The van der Waals surface area contributed by atoms with Crippen LogP contribution in [0.3, 0.4) is 0 Å². The summed E-state index contributed by atoms with van der Waals surface area (Å²) in [7, 11) is 0. The lowest BCUT2D eigenvalue weighted by atomic mass is 10.3. The molecule has 0 amide bonds. The maximum Gasteiger partial charge on any atom is 0.116 e. The average Bonchev–Trinajstić information content (AvgIpc) is 2.24. The van der Waals surface area contributed by atoms with Gasteiger partial charge in [-0.25, -0.2) is 4.98 Å². The Hall–Kier alpha value is -1.000. The highest BCUT2D eigenvalue weighted by atomic mass is 79.9. The number of nitrogens with zero attached hydrogens (tertiary/aromatic N) is 1. The zero-order valence-electron chi connectivity index (χ0n) is 8.64. The maximum absolute atomic E-state index is 9.35. The number of halogens is 1. The molecule has 1 aromatic heterocycles. The van der Waals surface area contributed by atoms with Crippen LogP contribution in [-0.4, -0.2) is 10.1 Å². The number of aromatic hydroxyl groups is 1. The molecule has 0 saturated carbocycles. The van der Waals surface area contributed by atoms with Gasteiger partial charge in [0, 0.05) is 9.37 Å². The Bertz CT molecular complexity index is 516. The van der Waals surface area contributed by atoms with Crippen molar-refractivity contribution < 1.29 is 5.11 Å². The minimum absolute atomic E-state index is 0.277. The maximum atomic E-state index is 9.35. The fraction of sp³-hybridized carbons (Fsp3) is 0.0833. The normalized spacial score (nSPS) is 10.4. The SMILES string of the molecule is Cc1nc(Sc2cccc(O)c2)ccc1Br. The van der Waals surface area contributed by atoms with Gasteiger partial charge in [-0.15, -0.1) is 0 Å². The van der Waals surface area contributed by atoms with Crippen LogP contribution in [0.5, 0.6) is 5.75 Å². The molecule has 2 rings (SSSR count). The molecule has 0 aliphatic rings. The summed E-state index contributed by atoms with van der Waals surface area (Å²) in [6.45, 7) is 1.95. The van der Waals surface area contributed by atoms with Gasteiger partial charge in [0.05, 0.1) is 5.69 Å². The highest BCUT2D eigenvalue weighted by Gasteiger charge is 2.02. The Labute approximate surface area is 107 Å². The van der Waals surface area contributed by atoms with Crippen molar-refractivity contribution in [2.45, 2.75) is 16.8 Å². The van der Waals surface area contributed by atoms with Gasteiger partial charge in [-0.05, 0) is 53.2 Å². The van der Waals surface area contributed by atoms with E-state index < -0.39 is 0 Å². The number of phenols is 1. The molecule has 1 N–H and O–H groups in total. The fourth-order valence-electron chi connectivity index (χ4n) is 1.25. The number of phenolic OH excluding ortho intramolecular Hbond substituents is 1. The van der Waals surface area contributed by atoms with E-state index >= 15 is 0 Å². The van der Waals surface area contributed by atoms with Gasteiger partial charge in [0.15, 0.2) is 0 Å². The van der Waals surface area contributed by atoms with Crippen LogP contribution in [0.25, 0.3) is 0 Å². The summed E-state index contributed by atoms with van der Waals surface area (Å²) >= 11 is 4.95. The third-order valence-corrected chi connectivity index (χ3v) is 3.80. The largest absolute Gasteiger partial charge is 0.508 e. The third kappa shape index (κ3) is 2.77. The molecule has 0 atom stereocenters. The Morgan fingerprint density at radius 2 is 2.06 bits per heavy atom. The topological polar surface area (TPSA) is 33.1 Å². The van der Waals surface area contributed by atoms with Crippen molar-refractivity contribution in [3.05, 3.63) is 46.6 Å². The first kappa shape index (κ1) is 11.5. The predicted octanol–water partition coefficient (Wildman–Crippen LogP) is 4.01. The molecule has 0 saturated heterocycles. The number of hydrogen-bond acceptors (Lipinski definition) is 3. The van der Waals surface area contributed by atoms with Gasteiger partial charge >= 0.3 is 0 Å². The second-order valence-corrected chi connectivity index (χ2v) is 5.26. The van der Waals surface area contributed by atoms with E-state index in [0.717, 1.165) is 20.1 Å². The van der Waals surface area contributed by atoms with E-state index in [-0.39, 0.29) is 5.75 Å². The van der Waals surface area contributed by atoms with E-state index in [9.17, 15) is 5.11 Å². The molecular formula is C12H10BrNOS. The molecule has 1 heterocycles. The number of rotatable bonds is 2. The predicted molar refractivity (Wildman–Crippen MR) is 68.9 cm³/mol. The van der Waals surface area contributed by atoms with Gasteiger partial charge < -0.3 is 5.11 Å². The molecule has 0 radical (unpaired) electrons. The first-order valence-electron chi connectivity index (χ1n) is 4.75. The van der Waals surface area contributed by atoms with Crippen LogP contribution in [0.1, 0.15) is 5.69 Å². The fourth-order valence-corrected chi connectivity index (χ4v) is 2.35. The lowest BCUT2D eigenvalue weighted by Crippen LogP contribution is -1.85. The van der Waals surface area contributed by atoms with Gasteiger partial charge in [0.2, 0.25) is 0 Å². The second-order valence-electron chi connectivity index (χ2n) is 3.32. The molecule has 16 heavy (non-hydrogen) atoms. The van der Waals surface area contributed by atoms with E-state index in [1.165, 1.54) is 11.8 Å². The minimum Gasteiger partial charge on any atom is -0.508 e. The van der Waals surface area contributed by atoms with Crippen LogP contribution in [0.15, 0.2) is 50.8 Å². The Morgan fingerprint density at radius 1 is 1.25 bits per heavy atom. The van der Waals surface area contributed by atoms with Crippen molar-refractivity contribution in [1.82, 2.24) is 4.98 Å². The summed E-state index contributed by atoms with van der Waals surface area (Å²) in [5, 5.41) is 10.3. The van der Waals surface area contributed by atoms with Crippen LogP contribution in [0.4, 0.5) is 0 Å². The Morgan fingerprint density at radius 3 is 2.75 bits per heavy atom. The molecule has 2 nitrogen and oxygen atoms in total. The number of pyridine rings is 1. The lowest BCUT2D eigenvalue weighted by molar-refractivity contribution is 0.474. The summed E-state index contributed by atoms with van der Waals surface area (Å²) in [5.74, 6) is 0.277. The summed E-state index contributed by atoms with van der Waals surface area (Å²) < 4.78 is 1.01. The summed E-state index contributed by atoms with van der Waals surface area (Å²) in [6.07, 6.45) is 0. The number of aryl methyl sites for hydroxylation is 1. The second kappa shape index (κ2) is 4.89. The summed E-state index contributed by atoms with van der Waals surface area (Å²) in [6, 6.07) is 11.1. The lowest BCUT2D eigenvalue weighted by Gasteiger charge is -2.03. The van der Waals surface area contributed by atoms with Crippen LogP contribution < -0.4 is 0 Å². The smallest absolute Gasteiger partial charge is 0.116 e. The molecule has 1 aromatic carbocycles. The zero-order chi connectivity index (χ0) is 11.5. The van der Waals surface area contributed by atoms with Crippen LogP contribution in [0.2, 0.25) is 0 Å². The van der Waals surface area contributed by atoms with E-state index in [0.29, 0.717) is 0 Å². The monoisotopic (exact) mass is 295 g/mol. The van der Waals surface area contributed by atoms with Crippen LogP contribution in [0, 0.1) is 6.92 Å². The van der Waals surface area contributed by atoms with Crippen LogP contribution in [-0.2, 0) is 0 Å². The first-order valence-corrected chi connectivity index (χ1v) is 6.36. The molecule has 0 aliphatic heterocycles. The van der Waals surface area contributed by atoms with Gasteiger partial charge in [-0.1, -0.05) is 17.8 Å². The molecule has 4 heteroatoms. The van der Waals surface area contributed by atoms with E-state index in [4.69, 9.17) is 0 Å². The van der Waals surface area contributed by atoms with Crippen molar-refractivity contribution >= 4 is 27.7 Å². The van der Waals surface area contributed by atoms with E-state index in [1.807, 2.05) is 31.2 Å². The molecule has 0 fully saturated rings. The Kier molecular flexibility index (Phi) is 3.51. The minimum atomic E-state index is 0.277. The summed E-state index contributed by atoms with van der Waals surface area (Å²) in [5.41, 5.74) is 0.963. The number of benzene rings is 1. The highest BCUT2D eigenvalue weighted by molar-refractivity contribution is 9.10. The molecule has 2 aromatic rings. The quantitative estimate of drug-likeness (QED) is 0.909. The van der Waals surface area contributed by atoms with Gasteiger partial charge in [0.25, 0.3) is 0 Å². The van der Waals surface area contributed by atoms with Crippen LogP contribution >= 0.6 is 27.7 Å². The molecule has 0 unspecified atom stereocenters. The number of aromatic nitrogens is 1. The zero-order valence-corrected chi connectivity index (χ0v) is 11.0. The highest BCUT2D eigenvalue weighted by Crippen LogP contribution is 2.29. The van der Waals surface area contributed by atoms with Crippen molar-refractivity contribution in [1.29, 1.82) is 0 Å². The first-order chi connectivity index (χ1) is 7.65. The van der Waals surface area contributed by atoms with Gasteiger partial charge in [0.1, 0.15) is 10.8 Å². The molecule has 82 valence electrons. The molecular weight excluding hydrogens is 286 g/mol. The van der Waals surface area contributed by atoms with E-state index in [2.05, 4.69) is 20.9 Å². The van der Waals surface area contributed by atoms with Gasteiger partial charge in [-0.3, -0.25) is 0 Å². The van der Waals surface area contributed by atoms with E-state index in [1.54, 1.807) is 12.1 Å². The van der Waals surface area contributed by atoms with Crippen molar-refractivity contribution in [3.63, 3.8) is 0 Å². The molecule has 0 aliphatic carbocycles. The number of hydrogen-bond donors (Lipinski definition) is 1. The van der Waals surface area contributed by atoms with Crippen molar-refractivity contribution in [2.24, 2.45) is 0 Å². The van der Waals surface area contributed by atoms with Crippen molar-refractivity contribution in [2.75, 3.05) is 0 Å². The molecule has 0 spiro atoms.